The Labute approximate surface area is 131 Å². The van der Waals surface area contributed by atoms with Crippen LogP contribution in [0.3, 0.4) is 0 Å². The second-order valence-electron chi connectivity index (χ2n) is 5.50. The van der Waals surface area contributed by atoms with Crippen molar-refractivity contribution in [3.8, 4) is 0 Å². The van der Waals surface area contributed by atoms with Crippen LogP contribution < -0.4 is 11.1 Å². The van der Waals surface area contributed by atoms with Gasteiger partial charge in [0.2, 0.25) is 5.91 Å². The topological polar surface area (TPSA) is 61.6 Å². The average Bonchev–Trinajstić information content (AvgIpc) is 2.43. The second kappa shape index (κ2) is 7.11. The zero-order chi connectivity index (χ0) is 15.4. The summed E-state index contributed by atoms with van der Waals surface area (Å²) >= 11 is 6.05. The number of hydrogen-bond donors (Lipinski definition) is 2. The van der Waals surface area contributed by atoms with Crippen molar-refractivity contribution < 1.29 is 4.79 Å². The zero-order valence-electron chi connectivity index (χ0n) is 12.6. The van der Waals surface area contributed by atoms with Crippen molar-refractivity contribution in [2.24, 2.45) is 0 Å². The molecule has 1 amide bonds. The number of carbonyl (C=O) groups is 1. The molecule has 0 aromatic heterocycles. The minimum Gasteiger partial charge on any atom is -0.399 e. The summed E-state index contributed by atoms with van der Waals surface area (Å²) in [5.74, 6) is -0.0559. The number of carbonyl (C=O) groups excluding carboxylic acids is 1. The van der Waals surface area contributed by atoms with Crippen LogP contribution in [0, 0.1) is 0 Å². The van der Waals surface area contributed by atoms with Crippen LogP contribution in [0.15, 0.2) is 18.2 Å². The number of piperazine rings is 1. The van der Waals surface area contributed by atoms with Gasteiger partial charge in [0.25, 0.3) is 0 Å². The van der Waals surface area contributed by atoms with Crippen LogP contribution in [0.25, 0.3) is 0 Å². The number of halogens is 1. The Morgan fingerprint density at radius 2 is 2.24 bits per heavy atom. The molecule has 1 saturated heterocycles. The van der Waals surface area contributed by atoms with E-state index in [0.717, 1.165) is 26.2 Å². The largest absolute Gasteiger partial charge is 0.399 e. The molecule has 1 unspecified atom stereocenters. The maximum absolute atomic E-state index is 12.1. The molecule has 21 heavy (non-hydrogen) atoms. The third-order valence-corrected chi connectivity index (χ3v) is 4.22. The summed E-state index contributed by atoms with van der Waals surface area (Å²) in [5.41, 5.74) is 6.86. The number of nitrogens with one attached hydrogen (secondary N) is 1. The van der Waals surface area contributed by atoms with Crippen LogP contribution in [-0.2, 0) is 4.79 Å². The maximum atomic E-state index is 12.1. The quantitative estimate of drug-likeness (QED) is 0.834. The lowest BCUT2D eigenvalue weighted by Gasteiger charge is -2.38. The molecule has 0 spiro atoms. The van der Waals surface area contributed by atoms with E-state index in [0.29, 0.717) is 29.0 Å². The number of nitrogens with two attached hydrogens (primary N) is 1. The summed E-state index contributed by atoms with van der Waals surface area (Å²) in [6.07, 6.45) is 0. The Bertz CT molecular complexity index is 508. The molecular formula is C15H23ClN4O. The Balaban J connectivity index is 1.89. The van der Waals surface area contributed by atoms with Crippen LogP contribution in [0.5, 0.6) is 0 Å². The van der Waals surface area contributed by atoms with E-state index in [9.17, 15) is 4.79 Å². The molecule has 3 N–H and O–H groups in total. The van der Waals surface area contributed by atoms with Crippen LogP contribution in [-0.4, -0.2) is 54.5 Å². The van der Waals surface area contributed by atoms with Gasteiger partial charge in [-0.05, 0) is 31.7 Å². The summed E-state index contributed by atoms with van der Waals surface area (Å²) in [5, 5.41) is 3.33. The van der Waals surface area contributed by atoms with E-state index >= 15 is 0 Å². The highest BCUT2D eigenvalue weighted by Crippen LogP contribution is 2.24. The first-order chi connectivity index (χ1) is 9.99. The van der Waals surface area contributed by atoms with Gasteiger partial charge in [-0.15, -0.1) is 0 Å². The maximum Gasteiger partial charge on any atom is 0.238 e. The molecule has 1 fully saturated rings. The molecule has 1 aromatic rings. The highest BCUT2D eigenvalue weighted by molar-refractivity contribution is 6.33. The number of amides is 1. The van der Waals surface area contributed by atoms with Gasteiger partial charge < -0.3 is 11.1 Å². The highest BCUT2D eigenvalue weighted by Gasteiger charge is 2.23. The van der Waals surface area contributed by atoms with Gasteiger partial charge in [0.1, 0.15) is 0 Å². The van der Waals surface area contributed by atoms with Crippen LogP contribution in [0.4, 0.5) is 11.4 Å². The number of nitrogens with zero attached hydrogens (tertiary/aromatic N) is 2. The lowest BCUT2D eigenvalue weighted by molar-refractivity contribution is -0.118. The van der Waals surface area contributed by atoms with Gasteiger partial charge in [-0.25, -0.2) is 0 Å². The molecule has 1 atom stereocenters. The predicted molar refractivity (Wildman–Crippen MR) is 87.6 cm³/mol. The zero-order valence-corrected chi connectivity index (χ0v) is 13.4. The average molecular weight is 311 g/mol. The smallest absolute Gasteiger partial charge is 0.238 e. The van der Waals surface area contributed by atoms with Crippen molar-refractivity contribution in [1.29, 1.82) is 0 Å². The van der Waals surface area contributed by atoms with E-state index in [2.05, 4.69) is 29.0 Å². The normalized spacial score (nSPS) is 20.4. The Kier molecular flexibility index (Phi) is 5.45. The lowest BCUT2D eigenvalue weighted by Crippen LogP contribution is -2.53. The van der Waals surface area contributed by atoms with Crippen molar-refractivity contribution in [3.05, 3.63) is 23.2 Å². The Morgan fingerprint density at radius 1 is 1.48 bits per heavy atom. The molecule has 0 saturated carbocycles. The minimum absolute atomic E-state index is 0.0559. The predicted octanol–water partition coefficient (Wildman–Crippen LogP) is 1.89. The first-order valence-electron chi connectivity index (χ1n) is 7.31. The third kappa shape index (κ3) is 4.33. The number of nitrogen functional groups attached to an aromatic ring is 1. The van der Waals surface area contributed by atoms with Gasteiger partial charge >= 0.3 is 0 Å². The Hall–Kier alpha value is -1.30. The van der Waals surface area contributed by atoms with Gasteiger partial charge in [0.05, 0.1) is 17.3 Å². The van der Waals surface area contributed by atoms with Gasteiger partial charge in [-0.1, -0.05) is 18.5 Å². The fourth-order valence-electron chi connectivity index (χ4n) is 2.72. The summed E-state index contributed by atoms with van der Waals surface area (Å²) < 4.78 is 0. The molecular weight excluding hydrogens is 288 g/mol. The number of likely N-dealkylation sites (N-methyl/N-ethyl adjacent to an activating group) is 1. The van der Waals surface area contributed by atoms with Crippen LogP contribution in [0.1, 0.15) is 13.8 Å². The fourth-order valence-corrected chi connectivity index (χ4v) is 2.88. The van der Waals surface area contributed by atoms with E-state index in [1.165, 1.54) is 0 Å². The molecule has 6 heteroatoms. The van der Waals surface area contributed by atoms with E-state index in [1.807, 2.05) is 0 Å². The van der Waals surface area contributed by atoms with E-state index in [1.54, 1.807) is 18.2 Å². The van der Waals surface area contributed by atoms with Crippen molar-refractivity contribution >= 4 is 28.9 Å². The molecule has 116 valence electrons. The number of benzene rings is 1. The third-order valence-electron chi connectivity index (χ3n) is 3.89. The first kappa shape index (κ1) is 16.1. The van der Waals surface area contributed by atoms with E-state index < -0.39 is 0 Å². The lowest BCUT2D eigenvalue weighted by atomic mass is 10.2. The highest BCUT2D eigenvalue weighted by atomic mass is 35.5. The molecule has 1 heterocycles. The second-order valence-corrected chi connectivity index (χ2v) is 5.91. The summed E-state index contributed by atoms with van der Waals surface area (Å²) in [7, 11) is 0. The van der Waals surface area contributed by atoms with Crippen molar-refractivity contribution in [2.45, 2.75) is 19.9 Å². The van der Waals surface area contributed by atoms with Crippen LogP contribution >= 0.6 is 11.6 Å². The van der Waals surface area contributed by atoms with Gasteiger partial charge in [-0.2, -0.15) is 0 Å². The number of hydrogen-bond acceptors (Lipinski definition) is 4. The monoisotopic (exact) mass is 310 g/mol. The standard InChI is InChI=1S/C15H23ClN4O/c1-3-20-7-6-19(9-11(20)2)10-15(21)18-14-8-12(17)4-5-13(14)16/h4-5,8,11H,3,6-7,9-10,17H2,1-2H3,(H,18,21). The van der Waals surface area contributed by atoms with E-state index in [-0.39, 0.29) is 5.91 Å². The molecule has 0 radical (unpaired) electrons. The summed E-state index contributed by atoms with van der Waals surface area (Å²) in [4.78, 5) is 16.7. The minimum atomic E-state index is -0.0559. The van der Waals surface area contributed by atoms with Gasteiger partial charge in [-0.3, -0.25) is 14.6 Å². The van der Waals surface area contributed by atoms with E-state index in [4.69, 9.17) is 17.3 Å². The Morgan fingerprint density at radius 3 is 2.90 bits per heavy atom. The molecule has 2 rings (SSSR count). The summed E-state index contributed by atoms with van der Waals surface area (Å²) in [6, 6.07) is 5.56. The van der Waals surface area contributed by atoms with Gasteiger partial charge in [0.15, 0.2) is 0 Å². The van der Waals surface area contributed by atoms with Gasteiger partial charge in [0, 0.05) is 31.4 Å². The van der Waals surface area contributed by atoms with Crippen molar-refractivity contribution in [3.63, 3.8) is 0 Å². The molecule has 1 aromatic carbocycles. The molecule has 1 aliphatic heterocycles. The van der Waals surface area contributed by atoms with Crippen molar-refractivity contribution in [2.75, 3.05) is 43.8 Å². The molecule has 1 aliphatic rings. The summed E-state index contributed by atoms with van der Waals surface area (Å²) in [6.45, 7) is 8.63. The first-order valence-corrected chi connectivity index (χ1v) is 7.68. The van der Waals surface area contributed by atoms with Crippen LogP contribution in [0.2, 0.25) is 5.02 Å². The molecule has 5 nitrogen and oxygen atoms in total. The number of rotatable bonds is 4. The SMILES string of the molecule is CCN1CCN(CC(=O)Nc2cc(N)ccc2Cl)CC1C. The number of anilines is 2. The van der Waals surface area contributed by atoms with Crippen molar-refractivity contribution in [1.82, 2.24) is 9.80 Å². The molecule has 0 aliphatic carbocycles. The fraction of sp³-hybridized carbons (Fsp3) is 0.533. The molecule has 0 bridgehead atoms.